The summed E-state index contributed by atoms with van der Waals surface area (Å²) in [5, 5.41) is 8.65. The first kappa shape index (κ1) is 14.4. The van der Waals surface area contributed by atoms with Crippen LogP contribution in [0.15, 0.2) is 0 Å². The van der Waals surface area contributed by atoms with Crippen molar-refractivity contribution in [1.82, 2.24) is 9.80 Å². The normalized spacial score (nSPS) is 10.1. The molecule has 2 amide bonds. The average molecular weight is 230 g/mol. The fourth-order valence-electron chi connectivity index (χ4n) is 1.11. The lowest BCUT2D eigenvalue weighted by Crippen LogP contribution is -2.46. The highest BCUT2D eigenvalue weighted by atomic mass is 16.4. The fraction of sp³-hybridized carbons (Fsp3) is 0.700. The number of likely N-dealkylation sites (N-methyl/N-ethyl adjacent to an activating group) is 1. The highest BCUT2D eigenvalue weighted by Gasteiger charge is 2.21. The minimum atomic E-state index is -1.06. The SMILES string of the molecule is CC(=O)N(C)CC(=O)N(CC(=O)O)C(C)C. The minimum Gasteiger partial charge on any atom is -0.480 e. The highest BCUT2D eigenvalue weighted by molar-refractivity contribution is 5.86. The zero-order valence-electron chi connectivity index (χ0n) is 10.1. The largest absolute Gasteiger partial charge is 0.480 e. The van der Waals surface area contributed by atoms with E-state index in [9.17, 15) is 14.4 Å². The Morgan fingerprint density at radius 2 is 1.69 bits per heavy atom. The van der Waals surface area contributed by atoms with Crippen LogP contribution in [0, 0.1) is 0 Å². The summed E-state index contributed by atoms with van der Waals surface area (Å²) in [6, 6.07) is -0.205. The highest BCUT2D eigenvalue weighted by Crippen LogP contribution is 2.00. The number of carboxylic acid groups (broad SMARTS) is 1. The summed E-state index contributed by atoms with van der Waals surface area (Å²) >= 11 is 0. The molecule has 0 aliphatic heterocycles. The molecule has 0 aromatic rings. The number of carbonyl (C=O) groups is 3. The average Bonchev–Trinajstić information content (AvgIpc) is 2.12. The first-order valence-electron chi connectivity index (χ1n) is 4.98. The van der Waals surface area contributed by atoms with Gasteiger partial charge in [0, 0.05) is 20.0 Å². The third-order valence-corrected chi connectivity index (χ3v) is 2.16. The summed E-state index contributed by atoms with van der Waals surface area (Å²) in [5.41, 5.74) is 0. The molecule has 0 unspecified atom stereocenters. The van der Waals surface area contributed by atoms with E-state index in [-0.39, 0.29) is 30.9 Å². The molecular formula is C10H18N2O4. The molecule has 16 heavy (non-hydrogen) atoms. The van der Waals surface area contributed by atoms with E-state index in [2.05, 4.69) is 0 Å². The van der Waals surface area contributed by atoms with Crippen LogP contribution in [0.5, 0.6) is 0 Å². The second-order valence-electron chi connectivity index (χ2n) is 3.88. The van der Waals surface area contributed by atoms with E-state index < -0.39 is 5.97 Å². The summed E-state index contributed by atoms with van der Waals surface area (Å²) in [6.07, 6.45) is 0. The van der Waals surface area contributed by atoms with Crippen LogP contribution in [-0.4, -0.2) is 58.9 Å². The lowest BCUT2D eigenvalue weighted by Gasteiger charge is -2.27. The second-order valence-corrected chi connectivity index (χ2v) is 3.88. The number of carbonyl (C=O) groups excluding carboxylic acids is 2. The van der Waals surface area contributed by atoms with E-state index in [0.29, 0.717) is 0 Å². The van der Waals surface area contributed by atoms with E-state index in [4.69, 9.17) is 5.11 Å². The summed E-state index contributed by atoms with van der Waals surface area (Å²) < 4.78 is 0. The smallest absolute Gasteiger partial charge is 0.323 e. The van der Waals surface area contributed by atoms with Crippen molar-refractivity contribution < 1.29 is 19.5 Å². The fourth-order valence-corrected chi connectivity index (χ4v) is 1.11. The monoisotopic (exact) mass is 230 g/mol. The summed E-state index contributed by atoms with van der Waals surface area (Å²) in [5.74, 6) is -1.66. The van der Waals surface area contributed by atoms with Gasteiger partial charge in [0.05, 0.1) is 6.54 Å². The van der Waals surface area contributed by atoms with Crippen LogP contribution in [0.25, 0.3) is 0 Å². The topological polar surface area (TPSA) is 77.9 Å². The van der Waals surface area contributed by atoms with Crippen LogP contribution in [-0.2, 0) is 14.4 Å². The first-order chi connectivity index (χ1) is 7.25. The van der Waals surface area contributed by atoms with Gasteiger partial charge in [-0.25, -0.2) is 0 Å². The maximum atomic E-state index is 11.7. The van der Waals surface area contributed by atoms with Gasteiger partial charge in [0.15, 0.2) is 0 Å². The number of rotatable bonds is 5. The van der Waals surface area contributed by atoms with E-state index >= 15 is 0 Å². The van der Waals surface area contributed by atoms with Gasteiger partial charge >= 0.3 is 5.97 Å². The van der Waals surface area contributed by atoms with E-state index in [1.807, 2.05) is 0 Å². The number of carboxylic acids is 1. The number of nitrogens with zero attached hydrogens (tertiary/aromatic N) is 2. The Labute approximate surface area is 94.8 Å². The van der Waals surface area contributed by atoms with Crippen LogP contribution in [0.4, 0.5) is 0 Å². The minimum absolute atomic E-state index is 0.0964. The molecule has 6 nitrogen and oxygen atoms in total. The van der Waals surface area contributed by atoms with Crippen LogP contribution in [0.2, 0.25) is 0 Å². The molecule has 0 radical (unpaired) electrons. The Bertz CT molecular complexity index is 289. The molecule has 6 heteroatoms. The van der Waals surface area contributed by atoms with Crippen LogP contribution >= 0.6 is 0 Å². The maximum absolute atomic E-state index is 11.7. The molecule has 0 rings (SSSR count). The maximum Gasteiger partial charge on any atom is 0.323 e. The van der Waals surface area contributed by atoms with Crippen molar-refractivity contribution in [3.63, 3.8) is 0 Å². The van der Waals surface area contributed by atoms with Gasteiger partial charge in [0.25, 0.3) is 0 Å². The molecule has 0 heterocycles. The zero-order chi connectivity index (χ0) is 12.9. The Kier molecular flexibility index (Phi) is 5.49. The Morgan fingerprint density at radius 3 is 2.00 bits per heavy atom. The predicted molar refractivity (Wildman–Crippen MR) is 57.8 cm³/mol. The molecule has 0 aliphatic rings. The van der Waals surface area contributed by atoms with Crippen molar-refractivity contribution in [2.45, 2.75) is 26.8 Å². The van der Waals surface area contributed by atoms with E-state index in [1.54, 1.807) is 13.8 Å². The van der Waals surface area contributed by atoms with Crippen LogP contribution in [0.3, 0.4) is 0 Å². The predicted octanol–water partition coefficient (Wildman–Crippen LogP) is -0.214. The van der Waals surface area contributed by atoms with Crippen LogP contribution < -0.4 is 0 Å². The van der Waals surface area contributed by atoms with Crippen LogP contribution in [0.1, 0.15) is 20.8 Å². The molecule has 0 spiro atoms. The van der Waals surface area contributed by atoms with Crippen molar-refractivity contribution in [1.29, 1.82) is 0 Å². The quantitative estimate of drug-likeness (QED) is 0.708. The molecule has 0 fully saturated rings. The summed E-state index contributed by atoms with van der Waals surface area (Å²) in [4.78, 5) is 35.7. The standard InChI is InChI=1S/C10H18N2O4/c1-7(2)12(6-10(15)16)9(14)5-11(4)8(3)13/h7H,5-6H2,1-4H3,(H,15,16). The molecule has 0 saturated carbocycles. The molecule has 0 aromatic carbocycles. The molecule has 92 valence electrons. The van der Waals surface area contributed by atoms with Gasteiger partial charge in [-0.05, 0) is 13.8 Å². The van der Waals surface area contributed by atoms with Gasteiger partial charge in [-0.1, -0.05) is 0 Å². The Balaban J connectivity index is 4.50. The van der Waals surface area contributed by atoms with E-state index in [1.165, 1.54) is 23.8 Å². The lowest BCUT2D eigenvalue weighted by molar-refractivity contribution is -0.147. The third-order valence-electron chi connectivity index (χ3n) is 2.16. The molecule has 0 aromatic heterocycles. The number of hydrogen-bond donors (Lipinski definition) is 1. The second kappa shape index (κ2) is 6.09. The van der Waals surface area contributed by atoms with Gasteiger partial charge in [0.2, 0.25) is 11.8 Å². The van der Waals surface area contributed by atoms with E-state index in [0.717, 1.165) is 0 Å². The van der Waals surface area contributed by atoms with Crippen molar-refractivity contribution in [2.75, 3.05) is 20.1 Å². The van der Waals surface area contributed by atoms with Crippen molar-refractivity contribution >= 4 is 17.8 Å². The molecular weight excluding hydrogens is 212 g/mol. The first-order valence-corrected chi connectivity index (χ1v) is 4.98. The van der Waals surface area contributed by atoms with Crippen molar-refractivity contribution in [2.24, 2.45) is 0 Å². The number of aliphatic carboxylic acids is 1. The summed E-state index contributed by atoms with van der Waals surface area (Å²) in [7, 11) is 1.50. The van der Waals surface area contributed by atoms with Crippen molar-refractivity contribution in [3.8, 4) is 0 Å². The van der Waals surface area contributed by atoms with Crippen molar-refractivity contribution in [3.05, 3.63) is 0 Å². The number of amides is 2. The Morgan fingerprint density at radius 1 is 1.19 bits per heavy atom. The van der Waals surface area contributed by atoms with Gasteiger partial charge in [-0.15, -0.1) is 0 Å². The van der Waals surface area contributed by atoms with Gasteiger partial charge in [-0.2, -0.15) is 0 Å². The summed E-state index contributed by atoms with van der Waals surface area (Å²) in [6.45, 7) is 4.37. The van der Waals surface area contributed by atoms with Gasteiger partial charge in [0.1, 0.15) is 6.54 Å². The zero-order valence-corrected chi connectivity index (χ0v) is 10.1. The molecule has 0 atom stereocenters. The molecule has 0 saturated heterocycles. The molecule has 0 aliphatic carbocycles. The molecule has 1 N–H and O–H groups in total. The van der Waals surface area contributed by atoms with Gasteiger partial charge in [-0.3, -0.25) is 14.4 Å². The van der Waals surface area contributed by atoms with Gasteiger partial charge < -0.3 is 14.9 Å². The molecule has 0 bridgehead atoms. The number of hydrogen-bond acceptors (Lipinski definition) is 3. The lowest BCUT2D eigenvalue weighted by atomic mass is 10.3. The third kappa shape index (κ3) is 4.77. The Hall–Kier alpha value is -1.59.